The average molecular weight is 1820 g/mol. The smallest absolute Gasteiger partial charge is 0.354 e. The van der Waals surface area contributed by atoms with Gasteiger partial charge in [-0.3, -0.25) is 28.4 Å². The Bertz CT molecular complexity index is 5080. The molecule has 0 spiro atoms. The predicted molar refractivity (Wildman–Crippen MR) is 498 cm³/mol. The number of carbonyl (C=O) groups is 4. The van der Waals surface area contributed by atoms with Gasteiger partial charge in [-0.2, -0.15) is 15.3 Å². The lowest BCUT2D eigenvalue weighted by Gasteiger charge is -2.25. The van der Waals surface area contributed by atoms with Gasteiger partial charge in [-0.15, -0.1) is 0 Å². The molecule has 686 valence electrons. The third-order valence-electron chi connectivity index (χ3n) is 19.0. The van der Waals surface area contributed by atoms with Crippen molar-refractivity contribution in [3.05, 3.63) is 226 Å². The summed E-state index contributed by atoms with van der Waals surface area (Å²) in [5.74, 6) is 7.45. The molecule has 3 aromatic heterocycles. The van der Waals surface area contributed by atoms with Crippen molar-refractivity contribution < 1.29 is 81.1 Å². The van der Waals surface area contributed by atoms with E-state index in [1.807, 2.05) is 161 Å². The largest absolute Gasteiger partial charge is 0.497 e. The topological polar surface area (TPSA) is 306 Å². The highest BCUT2D eigenvalue weighted by atomic mass is 35.5. The summed E-state index contributed by atoms with van der Waals surface area (Å²) in [7, 11) is 18.1. The van der Waals surface area contributed by atoms with E-state index >= 15 is 0 Å². The average Bonchev–Trinajstić information content (AvgIpc) is 1.18. The van der Waals surface area contributed by atoms with Gasteiger partial charge in [0.1, 0.15) is 69.4 Å². The Hall–Kier alpha value is -11.1. The summed E-state index contributed by atoms with van der Waals surface area (Å²) in [6.45, 7) is 29.4. The number of hydrogen-bond acceptors (Lipinski definition) is 21. The molecule has 0 aliphatic carbocycles. The molecule has 2 amide bonds. The summed E-state index contributed by atoms with van der Waals surface area (Å²) in [6, 6.07) is 36.9. The van der Waals surface area contributed by atoms with Crippen molar-refractivity contribution >= 4 is 70.5 Å². The summed E-state index contributed by atoms with van der Waals surface area (Å²) in [6.07, 6.45) is 4.40. The highest BCUT2D eigenvalue weighted by Crippen LogP contribution is 2.40. The summed E-state index contributed by atoms with van der Waals surface area (Å²) < 4.78 is 69.9. The molecular weight excluding hydrogens is 1690 g/mol. The van der Waals surface area contributed by atoms with Gasteiger partial charge in [0.05, 0.1) is 127 Å². The number of methoxy groups -OCH3 is 8. The first-order valence-electron chi connectivity index (χ1n) is 41.4. The molecule has 0 fully saturated rings. The zero-order chi connectivity index (χ0) is 93.4. The molecular formula is C95H126Cl4N10O17. The van der Waals surface area contributed by atoms with Gasteiger partial charge < -0.3 is 83.2 Å². The number of aryl methyl sites for hydroxylation is 5. The normalized spacial score (nSPS) is 10.6. The van der Waals surface area contributed by atoms with Crippen LogP contribution in [-0.2, 0) is 60.4 Å². The Morgan fingerprint density at radius 2 is 0.810 bits per heavy atom. The fourth-order valence-corrected chi connectivity index (χ4v) is 13.5. The zero-order valence-electron chi connectivity index (χ0n) is 77.0. The van der Waals surface area contributed by atoms with Crippen LogP contribution in [-0.4, -0.2) is 147 Å². The van der Waals surface area contributed by atoms with E-state index in [4.69, 9.17) is 114 Å². The minimum atomic E-state index is -0.933. The van der Waals surface area contributed by atoms with E-state index in [-0.39, 0.29) is 41.8 Å². The number of benzene rings is 7. The Labute approximate surface area is 762 Å². The Morgan fingerprint density at radius 3 is 1.21 bits per heavy atom. The number of aromatic nitrogens is 6. The number of halogens is 4. The van der Waals surface area contributed by atoms with Crippen molar-refractivity contribution in [3.63, 3.8) is 0 Å². The number of nitrogens with two attached hydrogens (primary N) is 1. The van der Waals surface area contributed by atoms with Crippen LogP contribution in [0.3, 0.4) is 0 Å². The molecule has 0 atom stereocenters. The minimum Gasteiger partial charge on any atom is -0.497 e. The maximum absolute atomic E-state index is 13.9. The molecule has 5 N–H and O–H groups in total. The van der Waals surface area contributed by atoms with E-state index in [1.54, 1.807) is 123 Å². The molecule has 10 aromatic rings. The van der Waals surface area contributed by atoms with Crippen molar-refractivity contribution in [1.29, 1.82) is 0 Å². The minimum absolute atomic E-state index is 0.166. The van der Waals surface area contributed by atoms with E-state index < -0.39 is 5.97 Å². The highest BCUT2D eigenvalue weighted by Gasteiger charge is 2.26. The van der Waals surface area contributed by atoms with E-state index in [1.165, 1.54) is 4.68 Å². The van der Waals surface area contributed by atoms with E-state index in [9.17, 15) is 19.2 Å². The number of rotatable bonds is 38. The molecule has 27 nitrogen and oxygen atoms in total. The van der Waals surface area contributed by atoms with E-state index in [0.717, 1.165) is 122 Å². The molecule has 0 aliphatic heterocycles. The molecule has 3 heterocycles. The van der Waals surface area contributed by atoms with Gasteiger partial charge in [0.2, 0.25) is 0 Å². The number of aldehydes is 1. The first kappa shape index (κ1) is 105. The molecule has 10 rings (SSSR count). The van der Waals surface area contributed by atoms with Crippen molar-refractivity contribution in [2.75, 3.05) is 83.3 Å². The maximum atomic E-state index is 13.9. The van der Waals surface area contributed by atoms with Crippen molar-refractivity contribution in [1.82, 2.24) is 44.9 Å². The van der Waals surface area contributed by atoms with Crippen LogP contribution in [0.1, 0.15) is 216 Å². The van der Waals surface area contributed by atoms with Crippen LogP contribution < -0.4 is 73.2 Å². The number of amides is 2. The number of aromatic carboxylic acids is 1. The van der Waals surface area contributed by atoms with Crippen LogP contribution >= 0.6 is 46.4 Å². The Morgan fingerprint density at radius 1 is 0.437 bits per heavy atom. The van der Waals surface area contributed by atoms with Crippen LogP contribution in [0.4, 0.5) is 0 Å². The number of carboxylic acids is 1. The second kappa shape index (κ2) is 54.1. The third kappa shape index (κ3) is 31.8. The van der Waals surface area contributed by atoms with Crippen molar-refractivity contribution in [2.45, 2.75) is 166 Å². The van der Waals surface area contributed by atoms with Crippen LogP contribution in [0.5, 0.6) is 69.0 Å². The molecule has 0 radical (unpaired) electrons. The lowest BCUT2D eigenvalue weighted by atomic mass is 10.1. The molecule has 0 saturated carbocycles. The number of carboxylic acid groups (broad SMARTS) is 1. The molecule has 0 unspecified atom stereocenters. The first-order chi connectivity index (χ1) is 60.2. The summed E-state index contributed by atoms with van der Waals surface area (Å²) in [5.41, 5.74) is 17.5. The van der Waals surface area contributed by atoms with Gasteiger partial charge in [0.25, 0.3) is 11.8 Å². The molecule has 0 bridgehead atoms. The number of ether oxygens (including phenoxy) is 12. The lowest BCUT2D eigenvalue weighted by molar-refractivity contribution is 0.0682. The second-order valence-corrected chi connectivity index (χ2v) is 31.4. The van der Waals surface area contributed by atoms with Gasteiger partial charge in [0, 0.05) is 94.3 Å². The number of hydrogen-bond donors (Lipinski definition) is 4. The number of nitrogens with zero attached hydrogens (tertiary/aromatic N) is 7. The van der Waals surface area contributed by atoms with Gasteiger partial charge in [-0.25, -0.2) is 4.79 Å². The SMILES string of the molecule is CC(C)c1cc(C(=O)O)n(C)n1.CCCOc1c(C)cc(C=O)cc1Cl.CCCOc1c(C)cc(CNCc2ccc(OC)cc2OC)cc1Cl.CCCOc1c(Cl)cc(CN(Cc2ccc(OC)cc2OC)C(=O)c2cc(C(C)C)nn2C)cc1OC.CCCOc1c(Cl)cc(CNC(=O)c2cc(C(C)C)nn2C)cc1OC.COc1ccc(CN)c(OC)c1. The molecule has 7 aromatic carbocycles. The van der Waals surface area contributed by atoms with Crippen molar-refractivity contribution in [3.8, 4) is 69.0 Å². The number of carbonyl (C=O) groups excluding carboxylic acids is 3. The highest BCUT2D eigenvalue weighted by molar-refractivity contribution is 6.33. The van der Waals surface area contributed by atoms with Crippen LogP contribution in [0.15, 0.2) is 121 Å². The number of nitrogens with one attached hydrogen (secondary N) is 2. The van der Waals surface area contributed by atoms with Gasteiger partial charge in [-0.05, 0) is 170 Å². The van der Waals surface area contributed by atoms with Gasteiger partial charge in [-0.1, -0.05) is 134 Å². The fraction of sp³-hybridized carbons (Fsp3) is 0.421. The summed E-state index contributed by atoms with van der Waals surface area (Å²) in [5, 5.41) is 30.0. The summed E-state index contributed by atoms with van der Waals surface area (Å²) >= 11 is 25.2. The predicted octanol–water partition coefficient (Wildman–Crippen LogP) is 20.2. The molecule has 31 heteroatoms. The molecule has 0 saturated heterocycles. The zero-order valence-corrected chi connectivity index (χ0v) is 80.0. The van der Waals surface area contributed by atoms with Crippen LogP contribution in [0.2, 0.25) is 20.1 Å². The van der Waals surface area contributed by atoms with E-state index in [2.05, 4.69) is 38.9 Å². The lowest BCUT2D eigenvalue weighted by Crippen LogP contribution is -2.31. The van der Waals surface area contributed by atoms with Crippen LogP contribution in [0, 0.1) is 13.8 Å². The fourth-order valence-electron chi connectivity index (χ4n) is 12.3. The Kier molecular flexibility index (Phi) is 45.3. The maximum Gasteiger partial charge on any atom is 0.354 e. The quantitative estimate of drug-likeness (QED) is 0.0261. The van der Waals surface area contributed by atoms with E-state index in [0.29, 0.717) is 136 Å². The first-order valence-corrected chi connectivity index (χ1v) is 43.0. The van der Waals surface area contributed by atoms with Gasteiger partial charge >= 0.3 is 5.97 Å². The Balaban J connectivity index is 0.000000282. The van der Waals surface area contributed by atoms with Crippen molar-refractivity contribution in [2.24, 2.45) is 26.9 Å². The van der Waals surface area contributed by atoms with Crippen LogP contribution in [0.25, 0.3) is 0 Å². The monoisotopic (exact) mass is 1820 g/mol. The van der Waals surface area contributed by atoms with Gasteiger partial charge in [0.15, 0.2) is 23.0 Å². The molecule has 0 aliphatic rings. The molecule has 126 heavy (non-hydrogen) atoms. The third-order valence-corrected chi connectivity index (χ3v) is 20.1. The summed E-state index contributed by atoms with van der Waals surface area (Å²) in [4.78, 5) is 49.2. The second-order valence-electron chi connectivity index (χ2n) is 29.8. The standard InChI is InChI=1S/C28H36ClN3O5.C20H26ClNO3.C19H26ClN3O3.C11H13ClO2.C9H13NO2.C8H12N2O2/c1-8-11-37-27-22(29)12-19(13-26(27)36-7)16-32(17-20-9-10-21(34-5)14-25(20)35-6)28(33)24-15-23(18(2)3)30-31(24)4;1-5-8-25-20-14(2)9-15(10-18(20)21)12-22-13-16-6-7-17(23-3)11-19(16)24-4;1-6-7-26-18-14(20)8-13(9-17(18)25-5)11-21-19(24)16-10-15(12(2)3)22-23(16)4;1-3-4-14-11-8(2)5-9(7-13)6-10(11)12;1-11-8-4-3-7(6-10)9(5-8)12-2;1-5(2)6-4-7(8(11)12)10(3)9-6/h9-10,12-15,18H,8,11,16-17H2,1-7H3;6-7,9-11,22H,5,8,12-13H2,1-4H3;8-10,12H,6-7,11H2,1-5H3,(H,21,24);5-7H,3-4H2,1-2H3;3-5H,6,10H2,1-2H3;4-5H,1-3H3,(H,11,12).